The lowest BCUT2D eigenvalue weighted by Crippen LogP contribution is -2.42. The van der Waals surface area contributed by atoms with Gasteiger partial charge in [-0.25, -0.2) is 26.5 Å². The van der Waals surface area contributed by atoms with Gasteiger partial charge >= 0.3 is 0 Å². The van der Waals surface area contributed by atoms with E-state index in [0.717, 1.165) is 10.5 Å². The standard InChI is InChI=1S/C20H27F2N5O4S/c1-20(29)7-3-4-15(20)27-17-12(10-14(16(21)22)18(27)28)11-23-19(25-17)24-13-5-8-26(9-6-13)32(2,30)31/h10-11,13,15-16,29H,3-9H2,1-2H3,(H,23,24,25)/i1D3,2D3,13D,16D. The number of piperidine rings is 1. The second kappa shape index (κ2) is 8.31. The fourth-order valence-electron chi connectivity index (χ4n) is 4.20. The summed E-state index contributed by atoms with van der Waals surface area (Å²) in [5, 5.41) is 13.7. The van der Waals surface area contributed by atoms with Crippen molar-refractivity contribution in [2.24, 2.45) is 0 Å². The number of fused-ring (bicyclic) bond motifs is 1. The third-order valence-electron chi connectivity index (χ3n) is 5.83. The molecule has 1 aliphatic heterocycles. The number of rotatable bonds is 5. The summed E-state index contributed by atoms with van der Waals surface area (Å²) in [6.45, 7) is -3.59. The number of halogens is 2. The molecule has 1 saturated heterocycles. The highest BCUT2D eigenvalue weighted by Gasteiger charge is 2.40. The van der Waals surface area contributed by atoms with Crippen molar-refractivity contribution in [3.05, 3.63) is 28.2 Å². The van der Waals surface area contributed by atoms with Gasteiger partial charge in [-0.05, 0) is 45.0 Å². The Morgan fingerprint density at radius 2 is 2.16 bits per heavy atom. The van der Waals surface area contributed by atoms with E-state index in [-0.39, 0.29) is 62.2 Å². The quantitative estimate of drug-likeness (QED) is 0.674. The smallest absolute Gasteiger partial charge is 0.269 e. The van der Waals surface area contributed by atoms with Crippen LogP contribution in [0, 0.1) is 0 Å². The number of aromatic nitrogens is 3. The second-order valence-electron chi connectivity index (χ2n) is 7.93. The van der Waals surface area contributed by atoms with Crippen LogP contribution < -0.4 is 10.9 Å². The SMILES string of the molecule is [2H]C1(Nc2ncc3cc(C([2H])(F)F)c(=O)n(C4CCCC4(O)C([2H])([2H])[2H])c3n2)CCN(S(=O)(=O)C([2H])([2H])[2H])CC1. The van der Waals surface area contributed by atoms with Gasteiger partial charge in [0.25, 0.3) is 12.0 Å². The van der Waals surface area contributed by atoms with Crippen molar-refractivity contribution in [1.29, 1.82) is 0 Å². The van der Waals surface area contributed by atoms with Gasteiger partial charge in [0.2, 0.25) is 16.0 Å². The molecule has 9 nitrogen and oxygen atoms in total. The van der Waals surface area contributed by atoms with Gasteiger partial charge in [-0.2, -0.15) is 4.98 Å². The topological polar surface area (TPSA) is 117 Å². The van der Waals surface area contributed by atoms with E-state index in [1.165, 1.54) is 0 Å². The Morgan fingerprint density at radius 1 is 1.41 bits per heavy atom. The van der Waals surface area contributed by atoms with Gasteiger partial charge < -0.3 is 10.4 Å². The molecule has 1 aliphatic carbocycles. The Hall–Kier alpha value is -2.18. The van der Waals surface area contributed by atoms with Gasteiger partial charge in [-0.3, -0.25) is 9.36 Å². The van der Waals surface area contributed by atoms with Crippen LogP contribution in [-0.2, 0) is 10.0 Å². The van der Waals surface area contributed by atoms with Gasteiger partial charge in [0.15, 0.2) is 0 Å². The van der Waals surface area contributed by atoms with Gasteiger partial charge in [0.05, 0.1) is 24.8 Å². The molecule has 2 N–H and O–H groups in total. The number of nitrogens with one attached hydrogen (secondary N) is 1. The maximum Gasteiger partial charge on any atom is 0.269 e. The number of sulfonamides is 1. The normalized spacial score (nSPS) is 31.4. The molecule has 3 heterocycles. The zero-order chi connectivity index (χ0) is 30.1. The summed E-state index contributed by atoms with van der Waals surface area (Å²) in [4.78, 5) is 21.4. The largest absolute Gasteiger partial charge is 0.388 e. The fraction of sp³-hybridized carbons (Fsp3) is 0.650. The summed E-state index contributed by atoms with van der Waals surface area (Å²) in [5.74, 6) is -0.274. The van der Waals surface area contributed by atoms with Crippen LogP contribution in [0.2, 0.25) is 0 Å². The van der Waals surface area contributed by atoms with Gasteiger partial charge in [0, 0.05) is 38.9 Å². The average Bonchev–Trinajstić information content (AvgIpc) is 3.20. The Bertz CT molecular complexity index is 1470. The van der Waals surface area contributed by atoms with Gasteiger partial charge in [0.1, 0.15) is 7.02 Å². The summed E-state index contributed by atoms with van der Waals surface area (Å²) in [5.41, 5.74) is -5.42. The molecule has 0 spiro atoms. The Labute approximate surface area is 195 Å². The average molecular weight is 480 g/mol. The highest BCUT2D eigenvalue weighted by atomic mass is 32.2. The number of hydrogen-bond donors (Lipinski definition) is 2. The minimum Gasteiger partial charge on any atom is -0.388 e. The van der Waals surface area contributed by atoms with Crippen LogP contribution in [0.3, 0.4) is 0 Å². The molecule has 176 valence electrons. The molecular weight excluding hydrogens is 444 g/mol. The highest BCUT2D eigenvalue weighted by molar-refractivity contribution is 7.88. The Kier molecular flexibility index (Phi) is 3.86. The molecule has 2 fully saturated rings. The molecule has 0 radical (unpaired) electrons. The van der Waals surface area contributed by atoms with E-state index in [0.29, 0.717) is 10.6 Å². The van der Waals surface area contributed by atoms with Crippen molar-refractivity contribution in [2.45, 2.75) is 63.0 Å². The monoisotopic (exact) mass is 479 g/mol. The molecule has 2 aromatic rings. The van der Waals surface area contributed by atoms with E-state index in [4.69, 9.17) is 11.0 Å². The number of alkyl halides is 2. The molecule has 0 aromatic carbocycles. The molecule has 2 unspecified atom stereocenters. The molecule has 4 rings (SSSR count). The predicted molar refractivity (Wildman–Crippen MR) is 115 cm³/mol. The van der Waals surface area contributed by atoms with E-state index in [1.807, 2.05) is 0 Å². The summed E-state index contributed by atoms with van der Waals surface area (Å²) in [6, 6.07) is -2.36. The first-order valence-corrected chi connectivity index (χ1v) is 11.4. The molecule has 2 atom stereocenters. The Morgan fingerprint density at radius 3 is 2.81 bits per heavy atom. The van der Waals surface area contributed by atoms with Crippen LogP contribution >= 0.6 is 0 Å². The van der Waals surface area contributed by atoms with Gasteiger partial charge in [-0.1, -0.05) is 0 Å². The lowest BCUT2D eigenvalue weighted by Gasteiger charge is -2.31. The third kappa shape index (κ3) is 4.35. The first kappa shape index (κ1) is 14.9. The molecule has 1 saturated carbocycles. The first-order valence-electron chi connectivity index (χ1n) is 13.9. The number of aliphatic hydroxyl groups is 1. The second-order valence-corrected chi connectivity index (χ2v) is 9.40. The molecular formula is C20H27F2N5O4S. The number of hydrogen-bond acceptors (Lipinski definition) is 7. The predicted octanol–water partition coefficient (Wildman–Crippen LogP) is 2.04. The lowest BCUT2D eigenvalue weighted by molar-refractivity contribution is 0.0261. The van der Waals surface area contributed by atoms with Crippen LogP contribution in [0.4, 0.5) is 14.7 Å². The van der Waals surface area contributed by atoms with Crippen molar-refractivity contribution in [2.75, 3.05) is 24.6 Å². The number of anilines is 1. The van der Waals surface area contributed by atoms with E-state index in [9.17, 15) is 27.1 Å². The zero-order valence-corrected chi connectivity index (χ0v) is 17.6. The maximum absolute atomic E-state index is 14.1. The van der Waals surface area contributed by atoms with Crippen molar-refractivity contribution < 1.29 is 33.3 Å². The van der Waals surface area contributed by atoms with E-state index >= 15 is 0 Å². The van der Waals surface area contributed by atoms with Crippen LogP contribution in [0.5, 0.6) is 0 Å². The first-order chi connectivity index (χ1) is 18.1. The van der Waals surface area contributed by atoms with E-state index < -0.39 is 58.2 Å². The zero-order valence-electron chi connectivity index (χ0n) is 24.8. The number of nitrogens with zero attached hydrogens (tertiary/aromatic N) is 4. The summed E-state index contributed by atoms with van der Waals surface area (Å²) < 4.78 is 115. The third-order valence-corrected chi connectivity index (χ3v) is 6.87. The molecule has 12 heteroatoms. The van der Waals surface area contributed by atoms with E-state index in [1.54, 1.807) is 0 Å². The van der Waals surface area contributed by atoms with Crippen LogP contribution in [0.15, 0.2) is 17.1 Å². The van der Waals surface area contributed by atoms with Crippen molar-refractivity contribution in [3.8, 4) is 0 Å². The van der Waals surface area contributed by atoms with Crippen LogP contribution in [-0.4, -0.2) is 63.3 Å². The molecule has 2 aromatic heterocycles. The highest BCUT2D eigenvalue weighted by Crippen LogP contribution is 2.39. The number of pyridine rings is 1. The van der Waals surface area contributed by atoms with Crippen molar-refractivity contribution >= 4 is 27.0 Å². The van der Waals surface area contributed by atoms with Gasteiger partial charge in [-0.15, -0.1) is 0 Å². The van der Waals surface area contributed by atoms with Crippen LogP contribution in [0.25, 0.3) is 11.0 Å². The van der Waals surface area contributed by atoms with Crippen LogP contribution in [0.1, 0.15) is 67.9 Å². The van der Waals surface area contributed by atoms with E-state index in [2.05, 4.69) is 15.3 Å². The minimum atomic E-state index is -4.60. The lowest BCUT2D eigenvalue weighted by atomic mass is 9.99. The van der Waals surface area contributed by atoms with Crippen molar-refractivity contribution in [1.82, 2.24) is 18.8 Å². The molecule has 32 heavy (non-hydrogen) atoms. The Balaban J connectivity index is 1.76. The molecule has 2 aliphatic rings. The molecule has 0 bridgehead atoms. The van der Waals surface area contributed by atoms with Crippen molar-refractivity contribution in [3.63, 3.8) is 0 Å². The minimum absolute atomic E-state index is 0.0557. The maximum atomic E-state index is 14.1. The molecule has 0 amide bonds. The summed E-state index contributed by atoms with van der Waals surface area (Å²) in [6.07, 6.45) is -7.07. The summed E-state index contributed by atoms with van der Waals surface area (Å²) in [7, 11) is -4.60. The summed E-state index contributed by atoms with van der Waals surface area (Å²) >= 11 is 0. The fourth-order valence-corrected chi connectivity index (χ4v) is 4.86.